The molecular formula is C15H18F2N4S. The van der Waals surface area contributed by atoms with Crippen LogP contribution >= 0.6 is 12.2 Å². The molecule has 0 radical (unpaired) electrons. The molecule has 0 aliphatic rings. The third-order valence-corrected chi connectivity index (χ3v) is 3.68. The average Bonchev–Trinajstić information content (AvgIpc) is 2.74. The van der Waals surface area contributed by atoms with Gasteiger partial charge in [-0.1, -0.05) is 0 Å². The van der Waals surface area contributed by atoms with Crippen molar-refractivity contribution in [2.75, 3.05) is 5.32 Å². The number of halogens is 2. The molecule has 0 bridgehead atoms. The van der Waals surface area contributed by atoms with Gasteiger partial charge in [-0.25, -0.2) is 8.78 Å². The standard InChI is InChI=1S/C15H18F2N4S/c1-4-21-10(3)12(9(2)20-21)8-18-15(22)19-14-6-5-11(16)7-13(14)17/h5-7H,4,8H2,1-3H3,(H2,18,19,22). The van der Waals surface area contributed by atoms with E-state index in [1.54, 1.807) is 0 Å². The highest BCUT2D eigenvalue weighted by Gasteiger charge is 2.11. The van der Waals surface area contributed by atoms with Gasteiger partial charge in [0.1, 0.15) is 11.6 Å². The number of hydrogen-bond acceptors (Lipinski definition) is 2. The van der Waals surface area contributed by atoms with Gasteiger partial charge in [0.15, 0.2) is 5.11 Å². The van der Waals surface area contributed by atoms with Crippen molar-refractivity contribution in [3.05, 3.63) is 46.8 Å². The van der Waals surface area contributed by atoms with Crippen LogP contribution in [-0.4, -0.2) is 14.9 Å². The summed E-state index contributed by atoms with van der Waals surface area (Å²) in [7, 11) is 0. The van der Waals surface area contributed by atoms with E-state index in [-0.39, 0.29) is 10.8 Å². The molecule has 1 aromatic carbocycles. The van der Waals surface area contributed by atoms with Gasteiger partial charge in [0.25, 0.3) is 0 Å². The second kappa shape index (κ2) is 6.83. The molecule has 118 valence electrons. The molecule has 2 aromatic rings. The topological polar surface area (TPSA) is 41.9 Å². The first kappa shape index (κ1) is 16.4. The fraction of sp³-hybridized carbons (Fsp3) is 0.333. The van der Waals surface area contributed by atoms with Gasteiger partial charge < -0.3 is 10.6 Å². The van der Waals surface area contributed by atoms with E-state index in [0.717, 1.165) is 29.6 Å². The van der Waals surface area contributed by atoms with E-state index < -0.39 is 11.6 Å². The summed E-state index contributed by atoms with van der Waals surface area (Å²) in [6, 6.07) is 3.29. The molecule has 1 heterocycles. The third-order valence-electron chi connectivity index (χ3n) is 3.44. The fourth-order valence-electron chi connectivity index (χ4n) is 2.22. The fourth-order valence-corrected chi connectivity index (χ4v) is 2.41. The maximum Gasteiger partial charge on any atom is 0.171 e. The van der Waals surface area contributed by atoms with Gasteiger partial charge in [0, 0.05) is 30.4 Å². The summed E-state index contributed by atoms with van der Waals surface area (Å²) < 4.78 is 28.3. The predicted molar refractivity (Wildman–Crippen MR) is 86.8 cm³/mol. The summed E-state index contributed by atoms with van der Waals surface area (Å²) in [4.78, 5) is 0. The molecule has 0 fully saturated rings. The first-order valence-corrected chi connectivity index (χ1v) is 7.36. The Labute approximate surface area is 133 Å². The van der Waals surface area contributed by atoms with Gasteiger partial charge in [-0.2, -0.15) is 5.10 Å². The van der Waals surface area contributed by atoms with E-state index in [4.69, 9.17) is 12.2 Å². The largest absolute Gasteiger partial charge is 0.358 e. The van der Waals surface area contributed by atoms with Crippen LogP contribution in [0.15, 0.2) is 18.2 Å². The highest BCUT2D eigenvalue weighted by atomic mass is 32.1. The quantitative estimate of drug-likeness (QED) is 0.847. The zero-order valence-electron chi connectivity index (χ0n) is 12.7. The Morgan fingerprint density at radius 1 is 1.32 bits per heavy atom. The number of aryl methyl sites for hydroxylation is 2. The van der Waals surface area contributed by atoms with Crippen molar-refractivity contribution >= 4 is 23.0 Å². The summed E-state index contributed by atoms with van der Waals surface area (Å²) in [5, 5.41) is 10.4. The van der Waals surface area contributed by atoms with Crippen molar-refractivity contribution in [1.82, 2.24) is 15.1 Å². The van der Waals surface area contributed by atoms with E-state index in [9.17, 15) is 8.78 Å². The van der Waals surface area contributed by atoms with Gasteiger partial charge in [-0.05, 0) is 45.1 Å². The van der Waals surface area contributed by atoms with E-state index in [1.807, 2.05) is 25.5 Å². The first-order valence-electron chi connectivity index (χ1n) is 6.95. The number of anilines is 1. The summed E-state index contributed by atoms with van der Waals surface area (Å²) in [6.45, 7) is 7.26. The van der Waals surface area contributed by atoms with Crippen molar-refractivity contribution in [2.45, 2.75) is 33.9 Å². The van der Waals surface area contributed by atoms with Crippen LogP contribution in [0.25, 0.3) is 0 Å². The van der Waals surface area contributed by atoms with Gasteiger partial charge in [-0.3, -0.25) is 4.68 Å². The van der Waals surface area contributed by atoms with Crippen molar-refractivity contribution in [2.24, 2.45) is 0 Å². The molecule has 0 spiro atoms. The second-order valence-corrected chi connectivity index (χ2v) is 5.31. The zero-order valence-corrected chi connectivity index (χ0v) is 13.5. The minimum Gasteiger partial charge on any atom is -0.358 e. The molecule has 0 unspecified atom stereocenters. The van der Waals surface area contributed by atoms with Gasteiger partial charge in [-0.15, -0.1) is 0 Å². The maximum absolute atomic E-state index is 13.5. The van der Waals surface area contributed by atoms with Crippen molar-refractivity contribution in [3.8, 4) is 0 Å². The molecule has 2 rings (SSSR count). The van der Waals surface area contributed by atoms with E-state index in [1.165, 1.54) is 12.1 Å². The lowest BCUT2D eigenvalue weighted by atomic mass is 10.2. The third kappa shape index (κ3) is 3.59. The van der Waals surface area contributed by atoms with Crippen LogP contribution < -0.4 is 10.6 Å². The number of benzene rings is 1. The van der Waals surface area contributed by atoms with Crippen LogP contribution in [-0.2, 0) is 13.1 Å². The minimum absolute atomic E-state index is 0.136. The number of nitrogens with one attached hydrogen (secondary N) is 2. The summed E-state index contributed by atoms with van der Waals surface area (Å²) in [5.74, 6) is -1.31. The minimum atomic E-state index is -0.685. The van der Waals surface area contributed by atoms with Crippen LogP contribution in [0.2, 0.25) is 0 Å². The predicted octanol–water partition coefficient (Wildman–Crippen LogP) is 3.28. The van der Waals surface area contributed by atoms with E-state index in [0.29, 0.717) is 6.54 Å². The van der Waals surface area contributed by atoms with E-state index >= 15 is 0 Å². The SMILES string of the molecule is CCn1nc(C)c(CNC(=S)Nc2ccc(F)cc2F)c1C. The normalized spacial score (nSPS) is 10.6. The lowest BCUT2D eigenvalue weighted by Gasteiger charge is -2.11. The number of aromatic nitrogens is 2. The molecule has 0 amide bonds. The Bertz CT molecular complexity index is 697. The Balaban J connectivity index is 2.00. The molecule has 0 saturated carbocycles. The molecule has 2 N–H and O–H groups in total. The van der Waals surface area contributed by atoms with Gasteiger partial charge in [0.05, 0.1) is 11.4 Å². The van der Waals surface area contributed by atoms with Crippen LogP contribution in [0.4, 0.5) is 14.5 Å². The summed E-state index contributed by atoms with van der Waals surface area (Å²) >= 11 is 5.14. The second-order valence-electron chi connectivity index (χ2n) is 4.90. The van der Waals surface area contributed by atoms with Crippen molar-refractivity contribution < 1.29 is 8.78 Å². The Kier molecular flexibility index (Phi) is 5.07. The van der Waals surface area contributed by atoms with Gasteiger partial charge in [0.2, 0.25) is 0 Å². The van der Waals surface area contributed by atoms with Crippen LogP contribution in [0, 0.1) is 25.5 Å². The zero-order chi connectivity index (χ0) is 16.3. The average molecular weight is 324 g/mol. The number of rotatable bonds is 4. The lowest BCUT2D eigenvalue weighted by Crippen LogP contribution is -2.28. The highest BCUT2D eigenvalue weighted by molar-refractivity contribution is 7.80. The summed E-state index contributed by atoms with van der Waals surface area (Å²) in [5.41, 5.74) is 3.20. The Hall–Kier alpha value is -2.02. The van der Waals surface area contributed by atoms with Crippen molar-refractivity contribution in [1.29, 1.82) is 0 Å². The molecule has 7 heteroatoms. The number of hydrogen-bond donors (Lipinski definition) is 2. The van der Waals surface area contributed by atoms with Crippen LogP contribution in [0.1, 0.15) is 23.9 Å². The number of nitrogens with zero attached hydrogens (tertiary/aromatic N) is 2. The lowest BCUT2D eigenvalue weighted by molar-refractivity contribution is 0.586. The maximum atomic E-state index is 13.5. The molecule has 0 aliphatic carbocycles. The van der Waals surface area contributed by atoms with Crippen LogP contribution in [0.5, 0.6) is 0 Å². The molecule has 0 aliphatic heterocycles. The molecular weight excluding hydrogens is 306 g/mol. The highest BCUT2D eigenvalue weighted by Crippen LogP contribution is 2.15. The smallest absolute Gasteiger partial charge is 0.171 e. The molecule has 1 aromatic heterocycles. The Morgan fingerprint density at radius 2 is 2.05 bits per heavy atom. The van der Waals surface area contributed by atoms with Gasteiger partial charge >= 0.3 is 0 Å². The van der Waals surface area contributed by atoms with Crippen LogP contribution in [0.3, 0.4) is 0 Å². The molecule has 0 atom stereocenters. The molecule has 4 nitrogen and oxygen atoms in total. The Morgan fingerprint density at radius 3 is 2.64 bits per heavy atom. The first-order chi connectivity index (χ1) is 10.4. The molecule has 0 saturated heterocycles. The number of thiocarbonyl (C=S) groups is 1. The van der Waals surface area contributed by atoms with E-state index in [2.05, 4.69) is 15.7 Å². The van der Waals surface area contributed by atoms with Crippen molar-refractivity contribution in [3.63, 3.8) is 0 Å². The molecule has 22 heavy (non-hydrogen) atoms. The summed E-state index contributed by atoms with van der Waals surface area (Å²) in [6.07, 6.45) is 0. The monoisotopic (exact) mass is 324 g/mol.